The van der Waals surface area contributed by atoms with Crippen LogP contribution in [0.5, 0.6) is 0 Å². The highest BCUT2D eigenvalue weighted by Gasteiger charge is 2.45. The Morgan fingerprint density at radius 2 is 2.10 bits per heavy atom. The molecule has 0 aromatic carbocycles. The Morgan fingerprint density at radius 1 is 1.38 bits per heavy atom. The van der Waals surface area contributed by atoms with Crippen molar-refractivity contribution in [2.75, 3.05) is 13.7 Å². The first-order valence-electron chi connectivity index (χ1n) is 7.56. The van der Waals surface area contributed by atoms with Crippen molar-refractivity contribution in [1.82, 2.24) is 10.2 Å². The molecule has 0 saturated carbocycles. The Morgan fingerprint density at radius 3 is 2.57 bits per heavy atom. The van der Waals surface area contributed by atoms with E-state index < -0.39 is 0 Å². The molecule has 1 N–H and O–H groups in total. The van der Waals surface area contributed by atoms with Crippen LogP contribution >= 0.6 is 11.3 Å². The van der Waals surface area contributed by atoms with Gasteiger partial charge < -0.3 is 9.64 Å². The third-order valence-electron chi connectivity index (χ3n) is 4.13. The number of carbonyl (C=O) groups is 1. The van der Waals surface area contributed by atoms with Crippen molar-refractivity contribution in [3.05, 3.63) is 22.4 Å². The third-order valence-corrected chi connectivity index (χ3v) is 4.83. The van der Waals surface area contributed by atoms with Crippen LogP contribution in [0.25, 0.3) is 0 Å². The van der Waals surface area contributed by atoms with Crippen molar-refractivity contribution in [2.24, 2.45) is 11.8 Å². The molecule has 118 valence electrons. The minimum absolute atomic E-state index is 0.0429. The summed E-state index contributed by atoms with van der Waals surface area (Å²) >= 11 is 1.66. The number of nitrogens with one attached hydrogen (secondary N) is 1. The molecule has 1 aliphatic rings. The van der Waals surface area contributed by atoms with Crippen LogP contribution in [0.15, 0.2) is 16.8 Å². The van der Waals surface area contributed by atoms with Crippen LogP contribution in [0.2, 0.25) is 0 Å². The van der Waals surface area contributed by atoms with Crippen LogP contribution in [0.4, 0.5) is 0 Å². The molecule has 0 bridgehead atoms. The number of amides is 1. The van der Waals surface area contributed by atoms with Gasteiger partial charge in [-0.3, -0.25) is 10.1 Å². The molecular formula is C16H26N2O2S. The molecule has 0 radical (unpaired) electrons. The molecule has 1 amide bonds. The van der Waals surface area contributed by atoms with Gasteiger partial charge in [0.25, 0.3) is 0 Å². The van der Waals surface area contributed by atoms with Gasteiger partial charge >= 0.3 is 0 Å². The molecule has 2 heterocycles. The number of methoxy groups -OCH3 is 1. The zero-order valence-electron chi connectivity index (χ0n) is 13.5. The average Bonchev–Trinajstić information content (AvgIpc) is 3.03. The maximum Gasteiger partial charge on any atom is 0.241 e. The Kier molecular flexibility index (Phi) is 5.41. The molecule has 4 nitrogen and oxygen atoms in total. The molecule has 3 unspecified atom stereocenters. The fourth-order valence-corrected chi connectivity index (χ4v) is 3.57. The topological polar surface area (TPSA) is 41.6 Å². The number of rotatable bonds is 6. The molecule has 21 heavy (non-hydrogen) atoms. The van der Waals surface area contributed by atoms with E-state index in [9.17, 15) is 4.79 Å². The molecule has 0 spiro atoms. The van der Waals surface area contributed by atoms with Crippen LogP contribution in [0.1, 0.15) is 39.4 Å². The Bertz CT molecular complexity index is 459. The quantitative estimate of drug-likeness (QED) is 0.878. The lowest BCUT2D eigenvalue weighted by atomic mass is 10.0. The molecule has 1 saturated heterocycles. The van der Waals surface area contributed by atoms with E-state index in [4.69, 9.17) is 4.74 Å². The van der Waals surface area contributed by atoms with Crippen LogP contribution < -0.4 is 5.32 Å². The number of hydrogen-bond acceptors (Lipinski definition) is 4. The third kappa shape index (κ3) is 3.30. The highest BCUT2D eigenvalue weighted by molar-refractivity contribution is 7.07. The minimum Gasteiger partial charge on any atom is -0.383 e. The smallest absolute Gasteiger partial charge is 0.241 e. The summed E-state index contributed by atoms with van der Waals surface area (Å²) in [4.78, 5) is 14.9. The lowest BCUT2D eigenvalue weighted by Gasteiger charge is -2.34. The summed E-state index contributed by atoms with van der Waals surface area (Å²) in [5.74, 6) is 0.818. The second kappa shape index (κ2) is 6.90. The van der Waals surface area contributed by atoms with Crippen LogP contribution in [0.3, 0.4) is 0 Å². The molecule has 2 rings (SSSR count). The van der Waals surface area contributed by atoms with Crippen molar-refractivity contribution in [2.45, 2.75) is 45.9 Å². The second-order valence-electron chi connectivity index (χ2n) is 6.36. The largest absolute Gasteiger partial charge is 0.383 e. The van der Waals surface area contributed by atoms with Gasteiger partial charge in [-0.05, 0) is 34.2 Å². The maximum absolute atomic E-state index is 12.9. The van der Waals surface area contributed by atoms with Gasteiger partial charge in [0.05, 0.1) is 18.7 Å². The van der Waals surface area contributed by atoms with E-state index in [1.165, 1.54) is 5.56 Å². The van der Waals surface area contributed by atoms with E-state index in [1.54, 1.807) is 18.4 Å². The van der Waals surface area contributed by atoms with E-state index in [0.29, 0.717) is 12.5 Å². The first-order chi connectivity index (χ1) is 9.97. The normalized spacial score (nSPS) is 24.3. The number of ether oxygens (including phenoxy) is 1. The van der Waals surface area contributed by atoms with Crippen molar-refractivity contribution in [1.29, 1.82) is 0 Å². The van der Waals surface area contributed by atoms with E-state index in [2.05, 4.69) is 49.8 Å². The second-order valence-corrected chi connectivity index (χ2v) is 7.14. The van der Waals surface area contributed by atoms with Gasteiger partial charge in [-0.15, -0.1) is 0 Å². The Balaban J connectivity index is 2.34. The van der Waals surface area contributed by atoms with Crippen molar-refractivity contribution in [3.63, 3.8) is 0 Å². The van der Waals surface area contributed by atoms with E-state index in [1.807, 2.05) is 4.90 Å². The first-order valence-corrected chi connectivity index (χ1v) is 8.50. The summed E-state index contributed by atoms with van der Waals surface area (Å²) in [5, 5.41) is 7.69. The molecule has 1 fully saturated rings. The van der Waals surface area contributed by atoms with Gasteiger partial charge in [-0.2, -0.15) is 11.3 Å². The Hall–Kier alpha value is -0.910. The van der Waals surface area contributed by atoms with Gasteiger partial charge in [0.15, 0.2) is 0 Å². The van der Waals surface area contributed by atoms with Gasteiger partial charge in [0.2, 0.25) is 5.91 Å². The van der Waals surface area contributed by atoms with Gasteiger partial charge in [-0.1, -0.05) is 27.7 Å². The van der Waals surface area contributed by atoms with Gasteiger partial charge in [-0.25, -0.2) is 0 Å². The number of carbonyl (C=O) groups excluding carboxylic acids is 1. The molecule has 1 aliphatic heterocycles. The van der Waals surface area contributed by atoms with E-state index in [0.717, 1.165) is 0 Å². The van der Waals surface area contributed by atoms with Crippen molar-refractivity contribution >= 4 is 17.2 Å². The Labute approximate surface area is 131 Å². The van der Waals surface area contributed by atoms with E-state index >= 15 is 0 Å². The zero-order chi connectivity index (χ0) is 15.6. The fraction of sp³-hybridized carbons (Fsp3) is 0.688. The maximum atomic E-state index is 12.9. The number of nitrogens with zero attached hydrogens (tertiary/aromatic N) is 1. The first kappa shape index (κ1) is 16.5. The highest BCUT2D eigenvalue weighted by Crippen LogP contribution is 2.33. The van der Waals surface area contributed by atoms with Gasteiger partial charge in [0, 0.05) is 7.11 Å². The minimum atomic E-state index is -0.118. The number of thiophene rings is 1. The number of hydrogen-bond donors (Lipinski definition) is 1. The van der Waals surface area contributed by atoms with Gasteiger partial charge in [0.1, 0.15) is 6.17 Å². The predicted octanol–water partition coefficient (Wildman–Crippen LogP) is 2.87. The standard InChI is InChI=1S/C16H26N2O2S/c1-10(2)13(8-20-5)18-15(12-6-7-21-9-12)17-14(11(3)4)16(18)19/h6-7,9-11,13-15,17H,8H2,1-5H3. The van der Waals surface area contributed by atoms with Crippen molar-refractivity contribution < 1.29 is 9.53 Å². The SMILES string of the molecule is COCC(C(C)C)N1C(=O)C(C(C)C)NC1c1ccsc1. The highest BCUT2D eigenvalue weighted by atomic mass is 32.1. The lowest BCUT2D eigenvalue weighted by molar-refractivity contribution is -0.135. The summed E-state index contributed by atoms with van der Waals surface area (Å²) in [5.41, 5.74) is 1.17. The summed E-state index contributed by atoms with van der Waals surface area (Å²) in [6.07, 6.45) is -0.0429. The molecular weight excluding hydrogens is 284 g/mol. The summed E-state index contributed by atoms with van der Waals surface area (Å²) in [6, 6.07) is 2.06. The summed E-state index contributed by atoms with van der Waals surface area (Å²) in [6.45, 7) is 9.03. The monoisotopic (exact) mass is 310 g/mol. The average molecular weight is 310 g/mol. The zero-order valence-corrected chi connectivity index (χ0v) is 14.3. The van der Waals surface area contributed by atoms with E-state index in [-0.39, 0.29) is 30.1 Å². The lowest BCUT2D eigenvalue weighted by Crippen LogP contribution is -2.46. The summed E-state index contributed by atoms with van der Waals surface area (Å²) in [7, 11) is 1.70. The van der Waals surface area contributed by atoms with Crippen LogP contribution in [0, 0.1) is 11.8 Å². The molecule has 1 aromatic rings. The molecule has 3 atom stereocenters. The fourth-order valence-electron chi connectivity index (χ4n) is 2.89. The van der Waals surface area contributed by atoms with Crippen LogP contribution in [-0.4, -0.2) is 36.6 Å². The molecule has 0 aliphatic carbocycles. The predicted molar refractivity (Wildman–Crippen MR) is 86.2 cm³/mol. The molecule has 5 heteroatoms. The van der Waals surface area contributed by atoms with Crippen molar-refractivity contribution in [3.8, 4) is 0 Å². The molecule has 1 aromatic heterocycles. The summed E-state index contributed by atoms with van der Waals surface area (Å²) < 4.78 is 5.37. The van der Waals surface area contributed by atoms with Crippen LogP contribution in [-0.2, 0) is 9.53 Å².